The van der Waals surface area contributed by atoms with E-state index in [-0.39, 0.29) is 23.7 Å². The third-order valence-electron chi connectivity index (χ3n) is 5.70. The van der Waals surface area contributed by atoms with Crippen LogP contribution in [0.4, 0.5) is 0 Å². The van der Waals surface area contributed by atoms with Gasteiger partial charge in [-0.2, -0.15) is 0 Å². The first-order valence-corrected chi connectivity index (χ1v) is 13.0. The predicted molar refractivity (Wildman–Crippen MR) is 151 cm³/mol. The number of carbonyl (C=O) groups excluding carboxylic acids is 1. The number of allylic oxidation sites excluding steroid dienone is 4. The van der Waals surface area contributed by atoms with E-state index in [0.717, 1.165) is 31.3 Å². The van der Waals surface area contributed by atoms with Gasteiger partial charge in [-0.1, -0.05) is 54.5 Å². The molecule has 0 saturated carbocycles. The first-order valence-electron chi connectivity index (χ1n) is 13.0. The first-order chi connectivity index (χ1) is 18.4. The Kier molecular flexibility index (Phi) is 11.0. The van der Waals surface area contributed by atoms with E-state index in [9.17, 15) is 9.59 Å². The summed E-state index contributed by atoms with van der Waals surface area (Å²) in [6, 6.07) is 13.6. The van der Waals surface area contributed by atoms with Crippen molar-refractivity contribution in [3.63, 3.8) is 0 Å². The molecule has 6 nitrogen and oxygen atoms in total. The van der Waals surface area contributed by atoms with Gasteiger partial charge in [0, 0.05) is 6.07 Å². The lowest BCUT2D eigenvalue weighted by molar-refractivity contribution is 0.0722. The molecule has 0 spiro atoms. The van der Waals surface area contributed by atoms with Crippen LogP contribution < -0.4 is 19.8 Å². The van der Waals surface area contributed by atoms with Crippen LogP contribution in [0.2, 0.25) is 0 Å². The molecule has 200 valence electrons. The van der Waals surface area contributed by atoms with Crippen LogP contribution in [0, 0.1) is 0 Å². The lowest BCUT2D eigenvalue weighted by Crippen LogP contribution is -2.16. The Bertz CT molecular complexity index is 1360. The second kappa shape index (κ2) is 14.6. The molecule has 0 N–H and O–H groups in total. The zero-order chi connectivity index (χ0) is 27.3. The summed E-state index contributed by atoms with van der Waals surface area (Å²) in [4.78, 5) is 25.7. The number of benzene rings is 2. The Labute approximate surface area is 224 Å². The summed E-state index contributed by atoms with van der Waals surface area (Å²) in [5, 5.41) is 0.509. The van der Waals surface area contributed by atoms with E-state index in [1.165, 1.54) is 5.57 Å². The highest BCUT2D eigenvalue weighted by Crippen LogP contribution is 2.35. The molecule has 0 aliphatic heterocycles. The van der Waals surface area contributed by atoms with Gasteiger partial charge in [-0.05, 0) is 76.8 Å². The van der Waals surface area contributed by atoms with Crippen molar-refractivity contribution in [1.82, 2.24) is 0 Å². The molecule has 0 saturated heterocycles. The molecule has 0 fully saturated rings. The van der Waals surface area contributed by atoms with Crippen LogP contribution in [-0.2, 0) is 0 Å². The van der Waals surface area contributed by atoms with Gasteiger partial charge < -0.3 is 18.6 Å². The molecule has 0 radical (unpaired) electrons. The normalized spacial score (nSPS) is 11.5. The third-order valence-corrected chi connectivity index (χ3v) is 5.70. The number of hydrogen-bond donors (Lipinski definition) is 0. The van der Waals surface area contributed by atoms with Crippen LogP contribution in [0.15, 0.2) is 93.2 Å². The maximum atomic E-state index is 13.0. The van der Waals surface area contributed by atoms with Gasteiger partial charge in [0.25, 0.3) is 5.75 Å². The Morgan fingerprint density at radius 2 is 1.71 bits per heavy atom. The Morgan fingerprint density at radius 1 is 0.921 bits per heavy atom. The molecule has 1 heterocycles. The van der Waals surface area contributed by atoms with E-state index in [2.05, 4.69) is 39.0 Å². The Hall–Kier alpha value is -4.06. The highest BCUT2D eigenvalue weighted by Gasteiger charge is 2.22. The van der Waals surface area contributed by atoms with E-state index in [1.807, 2.05) is 13.0 Å². The molecule has 0 amide bonds. The summed E-state index contributed by atoms with van der Waals surface area (Å²) >= 11 is 0. The van der Waals surface area contributed by atoms with E-state index in [0.29, 0.717) is 23.3 Å². The summed E-state index contributed by atoms with van der Waals surface area (Å²) in [6.45, 7) is 8.97. The minimum atomic E-state index is -0.802. The number of ether oxygens (including phenoxy) is 3. The number of carbonyl (C=O) groups is 1. The maximum Gasteiger partial charge on any atom is 0.383 e. The van der Waals surface area contributed by atoms with Gasteiger partial charge >= 0.3 is 11.6 Å². The summed E-state index contributed by atoms with van der Waals surface area (Å²) < 4.78 is 22.9. The topological polar surface area (TPSA) is 75.0 Å². The number of hydrogen-bond acceptors (Lipinski definition) is 6. The van der Waals surface area contributed by atoms with Crippen LogP contribution in [0.3, 0.4) is 0 Å². The molecule has 6 heteroatoms. The fourth-order valence-corrected chi connectivity index (χ4v) is 3.67. The molecule has 3 rings (SSSR count). The molecule has 38 heavy (non-hydrogen) atoms. The first kappa shape index (κ1) is 28.5. The van der Waals surface area contributed by atoms with Gasteiger partial charge in [0.2, 0.25) is 0 Å². The molecular weight excluding hydrogens is 480 g/mol. The highest BCUT2D eigenvalue weighted by atomic mass is 16.6. The Morgan fingerprint density at radius 3 is 2.45 bits per heavy atom. The second-order valence-corrected chi connectivity index (χ2v) is 9.16. The minimum Gasteiger partial charge on any atom is -0.493 e. The quantitative estimate of drug-likeness (QED) is 0.0998. The monoisotopic (exact) mass is 516 g/mol. The van der Waals surface area contributed by atoms with Gasteiger partial charge in [0.1, 0.15) is 17.9 Å². The van der Waals surface area contributed by atoms with Crippen LogP contribution in [-0.4, -0.2) is 19.2 Å². The molecular formula is C32H36O6. The minimum absolute atomic E-state index is 0.159. The Balaban J connectivity index is 1.89. The number of esters is 1. The summed E-state index contributed by atoms with van der Waals surface area (Å²) in [6.07, 6.45) is 11.9. The molecule has 2 aromatic carbocycles. The van der Waals surface area contributed by atoms with Crippen molar-refractivity contribution >= 4 is 16.9 Å². The molecule has 0 atom stereocenters. The SMILES string of the molecule is CC/C=C/CCOc1ccc2c(OC/C=C(\C)CCC=C(C)C)c(OC(=O)c3ccccc3)c(=O)oc2c1. The highest BCUT2D eigenvalue weighted by molar-refractivity contribution is 5.93. The fraction of sp³-hybridized carbons (Fsp3) is 0.312. The van der Waals surface area contributed by atoms with Crippen molar-refractivity contribution in [3.8, 4) is 17.2 Å². The van der Waals surface area contributed by atoms with Crippen LogP contribution in [0.5, 0.6) is 17.2 Å². The van der Waals surface area contributed by atoms with Gasteiger partial charge in [-0.15, -0.1) is 0 Å². The molecule has 0 aliphatic rings. The van der Waals surface area contributed by atoms with Crippen LogP contribution >= 0.6 is 0 Å². The molecule has 0 aliphatic carbocycles. The van der Waals surface area contributed by atoms with Gasteiger partial charge in [-0.3, -0.25) is 0 Å². The fourth-order valence-electron chi connectivity index (χ4n) is 3.67. The smallest absolute Gasteiger partial charge is 0.383 e. The molecule has 0 bridgehead atoms. The lowest BCUT2D eigenvalue weighted by Gasteiger charge is -2.13. The van der Waals surface area contributed by atoms with Crippen LogP contribution in [0.1, 0.15) is 63.7 Å². The lowest BCUT2D eigenvalue weighted by atomic mass is 10.1. The zero-order valence-electron chi connectivity index (χ0n) is 22.6. The maximum absolute atomic E-state index is 13.0. The average molecular weight is 517 g/mol. The van der Waals surface area contributed by atoms with Crippen molar-refractivity contribution in [2.45, 2.75) is 53.4 Å². The van der Waals surface area contributed by atoms with Crippen molar-refractivity contribution < 1.29 is 23.4 Å². The van der Waals surface area contributed by atoms with Crippen LogP contribution in [0.25, 0.3) is 11.0 Å². The summed E-state index contributed by atoms with van der Waals surface area (Å²) in [7, 11) is 0. The van der Waals surface area contributed by atoms with E-state index < -0.39 is 11.6 Å². The number of rotatable bonds is 13. The second-order valence-electron chi connectivity index (χ2n) is 9.16. The van der Waals surface area contributed by atoms with Crippen molar-refractivity contribution in [1.29, 1.82) is 0 Å². The molecule has 0 unspecified atom stereocenters. The standard InChI is InChI=1S/C32H36O6/c1-5-6-7-11-20-35-26-17-18-27-28(22-26)37-32(34)30(38-31(33)25-15-9-8-10-16-25)29(27)36-21-19-24(4)14-12-13-23(2)3/h6-10,13,15-19,22H,5,11-12,14,20-21H2,1-4H3/b7-6+,24-19+. The average Bonchev–Trinajstić information content (AvgIpc) is 2.90. The van der Waals surface area contributed by atoms with E-state index in [4.69, 9.17) is 18.6 Å². The van der Waals surface area contributed by atoms with Crippen molar-refractivity contribution in [3.05, 3.63) is 100.0 Å². The number of fused-ring (bicyclic) bond motifs is 1. The molecule has 1 aromatic heterocycles. The van der Waals surface area contributed by atoms with Gasteiger partial charge in [-0.25, -0.2) is 9.59 Å². The summed E-state index contributed by atoms with van der Waals surface area (Å²) in [5.74, 6) is -0.220. The van der Waals surface area contributed by atoms with Crippen molar-refractivity contribution in [2.24, 2.45) is 0 Å². The summed E-state index contributed by atoms with van der Waals surface area (Å²) in [5.41, 5.74) is 2.24. The predicted octanol–water partition coefficient (Wildman–Crippen LogP) is 7.82. The van der Waals surface area contributed by atoms with Gasteiger partial charge in [0.15, 0.2) is 5.75 Å². The van der Waals surface area contributed by atoms with Gasteiger partial charge in [0.05, 0.1) is 17.6 Å². The molecule has 3 aromatic rings. The van der Waals surface area contributed by atoms with E-state index >= 15 is 0 Å². The zero-order valence-corrected chi connectivity index (χ0v) is 22.6. The van der Waals surface area contributed by atoms with E-state index in [1.54, 1.807) is 48.5 Å². The largest absolute Gasteiger partial charge is 0.493 e. The van der Waals surface area contributed by atoms with Crippen molar-refractivity contribution in [2.75, 3.05) is 13.2 Å². The third kappa shape index (κ3) is 8.51.